The molecule has 0 spiro atoms. The lowest BCUT2D eigenvalue weighted by Crippen LogP contribution is -2.39. The third kappa shape index (κ3) is 6.14. The highest BCUT2D eigenvalue weighted by atomic mass is 32.1. The van der Waals surface area contributed by atoms with Gasteiger partial charge in [-0.25, -0.2) is 0 Å². The van der Waals surface area contributed by atoms with E-state index in [1.165, 1.54) is 25.3 Å². The first-order valence-corrected chi connectivity index (χ1v) is 10.3. The SMILES string of the molecule is C=Cc1ccc(NC(=O)C(NC(=S)Nc2cc([N+](=O)[O-])ccc2OC)c2ccccc2)cc1. The maximum absolute atomic E-state index is 13.1. The Labute approximate surface area is 196 Å². The molecule has 0 aliphatic carbocycles. The van der Waals surface area contributed by atoms with E-state index in [0.29, 0.717) is 22.7 Å². The molecular formula is C24H22N4O4S. The van der Waals surface area contributed by atoms with E-state index >= 15 is 0 Å². The summed E-state index contributed by atoms with van der Waals surface area (Å²) in [6.07, 6.45) is 1.71. The van der Waals surface area contributed by atoms with E-state index < -0.39 is 11.0 Å². The molecule has 0 fully saturated rings. The molecule has 3 aromatic rings. The number of nitrogens with one attached hydrogen (secondary N) is 3. The molecule has 3 rings (SSSR count). The van der Waals surface area contributed by atoms with Crippen LogP contribution in [-0.4, -0.2) is 23.1 Å². The molecule has 0 saturated carbocycles. The molecule has 1 atom stereocenters. The Morgan fingerprint density at radius 1 is 1.09 bits per heavy atom. The Bertz CT molecular complexity index is 1170. The Hall–Kier alpha value is -4.24. The number of amides is 1. The number of thiocarbonyl (C=S) groups is 1. The predicted molar refractivity (Wildman–Crippen MR) is 133 cm³/mol. The summed E-state index contributed by atoms with van der Waals surface area (Å²) in [6.45, 7) is 3.72. The van der Waals surface area contributed by atoms with Crippen LogP contribution >= 0.6 is 12.2 Å². The number of hydrogen-bond acceptors (Lipinski definition) is 5. The van der Waals surface area contributed by atoms with E-state index in [9.17, 15) is 14.9 Å². The first-order valence-electron chi connectivity index (χ1n) is 9.89. The first-order chi connectivity index (χ1) is 15.9. The molecule has 9 heteroatoms. The van der Waals surface area contributed by atoms with Gasteiger partial charge < -0.3 is 20.7 Å². The van der Waals surface area contributed by atoms with Crippen molar-refractivity contribution < 1.29 is 14.5 Å². The van der Waals surface area contributed by atoms with E-state index in [2.05, 4.69) is 22.5 Å². The third-order valence-corrected chi connectivity index (χ3v) is 4.95. The summed E-state index contributed by atoms with van der Waals surface area (Å²) in [4.78, 5) is 23.7. The highest BCUT2D eigenvalue weighted by Gasteiger charge is 2.22. The first kappa shape index (κ1) is 23.4. The topological polar surface area (TPSA) is 106 Å². The molecule has 3 N–H and O–H groups in total. The minimum Gasteiger partial charge on any atom is -0.495 e. The maximum Gasteiger partial charge on any atom is 0.271 e. The van der Waals surface area contributed by atoms with Gasteiger partial charge >= 0.3 is 0 Å². The van der Waals surface area contributed by atoms with E-state index in [4.69, 9.17) is 17.0 Å². The molecule has 168 valence electrons. The van der Waals surface area contributed by atoms with Gasteiger partial charge in [-0.2, -0.15) is 0 Å². The molecule has 0 bridgehead atoms. The fraction of sp³-hybridized carbons (Fsp3) is 0.0833. The number of rotatable bonds is 8. The molecule has 0 heterocycles. The largest absolute Gasteiger partial charge is 0.495 e. The van der Waals surface area contributed by atoms with Crippen LogP contribution in [0.3, 0.4) is 0 Å². The van der Waals surface area contributed by atoms with Crippen LogP contribution in [0.2, 0.25) is 0 Å². The van der Waals surface area contributed by atoms with Crippen molar-refractivity contribution in [2.24, 2.45) is 0 Å². The Morgan fingerprint density at radius 2 is 1.79 bits per heavy atom. The van der Waals surface area contributed by atoms with Crippen LogP contribution in [0.15, 0.2) is 79.4 Å². The molecule has 1 unspecified atom stereocenters. The zero-order valence-corrected chi connectivity index (χ0v) is 18.6. The fourth-order valence-electron chi connectivity index (χ4n) is 3.06. The van der Waals surface area contributed by atoms with Crippen molar-refractivity contribution in [1.29, 1.82) is 0 Å². The Balaban J connectivity index is 1.81. The Kier molecular flexibility index (Phi) is 7.72. The number of carbonyl (C=O) groups excluding carboxylic acids is 1. The number of carbonyl (C=O) groups is 1. The Morgan fingerprint density at radius 3 is 2.39 bits per heavy atom. The number of nitro benzene ring substituents is 1. The maximum atomic E-state index is 13.1. The molecule has 0 saturated heterocycles. The number of hydrogen-bond donors (Lipinski definition) is 3. The fourth-order valence-corrected chi connectivity index (χ4v) is 3.29. The minimum atomic E-state index is -0.824. The average molecular weight is 463 g/mol. The van der Waals surface area contributed by atoms with Gasteiger partial charge in [0.1, 0.15) is 11.8 Å². The molecule has 0 aliphatic rings. The van der Waals surface area contributed by atoms with Crippen molar-refractivity contribution in [3.8, 4) is 5.75 Å². The molecular weight excluding hydrogens is 440 g/mol. The standard InChI is InChI=1S/C24H22N4O4S/c1-3-16-9-11-18(12-10-16)25-23(29)22(17-7-5-4-6-8-17)27-24(33)26-20-15-19(28(30)31)13-14-21(20)32-2/h3-15,22H,1H2,2H3,(H,25,29)(H2,26,27,33). The summed E-state index contributed by atoms with van der Waals surface area (Å²) in [5.41, 5.74) is 2.42. The summed E-state index contributed by atoms with van der Waals surface area (Å²) in [5.74, 6) is 0.0375. The number of nitro groups is 1. The summed E-state index contributed by atoms with van der Waals surface area (Å²) in [5, 5.41) is 20.0. The van der Waals surface area contributed by atoms with E-state index in [-0.39, 0.29) is 16.7 Å². The second kappa shape index (κ2) is 10.9. The summed E-state index contributed by atoms with van der Waals surface area (Å²) in [6, 6.07) is 19.6. The van der Waals surface area contributed by atoms with Gasteiger partial charge in [0.05, 0.1) is 17.7 Å². The lowest BCUT2D eigenvalue weighted by Gasteiger charge is -2.21. The smallest absolute Gasteiger partial charge is 0.271 e. The second-order valence-corrected chi connectivity index (χ2v) is 7.31. The predicted octanol–water partition coefficient (Wildman–Crippen LogP) is 4.91. The van der Waals surface area contributed by atoms with Gasteiger partial charge in [0.15, 0.2) is 5.11 Å². The van der Waals surface area contributed by atoms with Gasteiger partial charge in [0, 0.05) is 17.8 Å². The quantitative estimate of drug-likeness (QED) is 0.248. The van der Waals surface area contributed by atoms with Crippen molar-refractivity contribution >= 4 is 46.4 Å². The minimum absolute atomic E-state index is 0.0970. The third-order valence-electron chi connectivity index (χ3n) is 4.73. The number of non-ortho nitro benzene ring substituents is 1. The van der Waals surface area contributed by atoms with Gasteiger partial charge in [0.2, 0.25) is 0 Å². The summed E-state index contributed by atoms with van der Waals surface area (Å²) in [7, 11) is 1.45. The number of benzene rings is 3. The molecule has 0 aliphatic heterocycles. The van der Waals surface area contributed by atoms with Crippen LogP contribution in [0.4, 0.5) is 17.1 Å². The van der Waals surface area contributed by atoms with Crippen LogP contribution in [0.1, 0.15) is 17.2 Å². The monoisotopic (exact) mass is 462 g/mol. The van der Waals surface area contributed by atoms with Crippen LogP contribution in [0.5, 0.6) is 5.75 Å². The molecule has 8 nitrogen and oxygen atoms in total. The van der Waals surface area contributed by atoms with Gasteiger partial charge in [-0.3, -0.25) is 14.9 Å². The molecule has 3 aromatic carbocycles. The molecule has 0 radical (unpaired) electrons. The number of methoxy groups -OCH3 is 1. The zero-order valence-electron chi connectivity index (χ0n) is 17.8. The van der Waals surface area contributed by atoms with Crippen LogP contribution < -0.4 is 20.7 Å². The van der Waals surface area contributed by atoms with Gasteiger partial charge in [-0.1, -0.05) is 55.1 Å². The number of anilines is 2. The normalized spacial score (nSPS) is 11.1. The molecule has 0 aromatic heterocycles. The van der Waals surface area contributed by atoms with Crippen molar-refractivity contribution in [2.45, 2.75) is 6.04 Å². The van der Waals surface area contributed by atoms with Gasteiger partial charge in [-0.05, 0) is 41.5 Å². The van der Waals surface area contributed by atoms with Crippen LogP contribution in [0, 0.1) is 10.1 Å². The second-order valence-electron chi connectivity index (χ2n) is 6.90. The molecule has 1 amide bonds. The number of nitrogens with zero attached hydrogens (tertiary/aromatic N) is 1. The lowest BCUT2D eigenvalue weighted by molar-refractivity contribution is -0.384. The molecule has 33 heavy (non-hydrogen) atoms. The van der Waals surface area contributed by atoms with Crippen LogP contribution in [0.25, 0.3) is 6.08 Å². The highest BCUT2D eigenvalue weighted by Crippen LogP contribution is 2.29. The van der Waals surface area contributed by atoms with E-state index in [1.807, 2.05) is 30.3 Å². The van der Waals surface area contributed by atoms with Crippen molar-refractivity contribution in [2.75, 3.05) is 17.7 Å². The van der Waals surface area contributed by atoms with E-state index in [1.54, 1.807) is 30.3 Å². The zero-order chi connectivity index (χ0) is 23.8. The summed E-state index contributed by atoms with van der Waals surface area (Å²) >= 11 is 5.41. The highest BCUT2D eigenvalue weighted by molar-refractivity contribution is 7.80. The van der Waals surface area contributed by atoms with Crippen LogP contribution in [-0.2, 0) is 4.79 Å². The van der Waals surface area contributed by atoms with Crippen molar-refractivity contribution in [1.82, 2.24) is 5.32 Å². The summed E-state index contributed by atoms with van der Waals surface area (Å²) < 4.78 is 5.26. The average Bonchev–Trinajstić information content (AvgIpc) is 2.83. The van der Waals surface area contributed by atoms with E-state index in [0.717, 1.165) is 5.56 Å². The van der Waals surface area contributed by atoms with Gasteiger partial charge in [-0.15, -0.1) is 0 Å². The van der Waals surface area contributed by atoms with Gasteiger partial charge in [0.25, 0.3) is 11.6 Å². The lowest BCUT2D eigenvalue weighted by atomic mass is 10.1. The number of ether oxygens (including phenoxy) is 1. The van der Waals surface area contributed by atoms with Crippen molar-refractivity contribution in [3.63, 3.8) is 0 Å². The van der Waals surface area contributed by atoms with Crippen molar-refractivity contribution in [3.05, 3.63) is 101 Å².